The predicted molar refractivity (Wildman–Crippen MR) is 101 cm³/mol. The number of carbonyl (C=O) groups is 2. The standard InChI is InChI=1S/C20H19ClN2O2/c1-4-22(15-8-6-5-7-9-15)18-17(21)19(24)23(20(18)25)16-11-10-13(2)12-14(16)3/h5-12H,4H2,1-3H3. The van der Waals surface area contributed by atoms with Crippen LogP contribution in [0.4, 0.5) is 11.4 Å². The molecule has 0 spiro atoms. The normalized spacial score (nSPS) is 14.5. The van der Waals surface area contributed by atoms with Crippen LogP contribution in [0, 0.1) is 13.8 Å². The fourth-order valence-electron chi connectivity index (χ4n) is 3.08. The lowest BCUT2D eigenvalue weighted by atomic mass is 10.1. The molecule has 0 atom stereocenters. The zero-order chi connectivity index (χ0) is 18.1. The number of para-hydroxylation sites is 1. The molecule has 128 valence electrons. The lowest BCUT2D eigenvalue weighted by Crippen LogP contribution is -2.35. The van der Waals surface area contributed by atoms with E-state index in [0.29, 0.717) is 12.2 Å². The maximum Gasteiger partial charge on any atom is 0.283 e. The Kier molecular flexibility index (Phi) is 4.64. The molecule has 1 aliphatic heterocycles. The number of carbonyl (C=O) groups excluding carboxylic acids is 2. The van der Waals surface area contributed by atoms with Gasteiger partial charge in [0, 0.05) is 12.2 Å². The lowest BCUT2D eigenvalue weighted by Gasteiger charge is -2.24. The van der Waals surface area contributed by atoms with Crippen LogP contribution in [0.15, 0.2) is 59.3 Å². The number of rotatable bonds is 4. The second-order valence-corrected chi connectivity index (χ2v) is 6.36. The van der Waals surface area contributed by atoms with Gasteiger partial charge in [0.15, 0.2) is 0 Å². The van der Waals surface area contributed by atoms with Gasteiger partial charge in [-0.3, -0.25) is 9.59 Å². The first-order chi connectivity index (χ1) is 12.0. The molecule has 4 nitrogen and oxygen atoms in total. The number of halogens is 1. The Morgan fingerprint density at radius 3 is 2.28 bits per heavy atom. The Labute approximate surface area is 152 Å². The molecule has 2 amide bonds. The summed E-state index contributed by atoms with van der Waals surface area (Å²) in [5.41, 5.74) is 3.54. The fourth-order valence-corrected chi connectivity index (χ4v) is 3.35. The number of anilines is 2. The summed E-state index contributed by atoms with van der Waals surface area (Å²) >= 11 is 6.30. The number of hydrogen-bond acceptors (Lipinski definition) is 3. The molecule has 0 bridgehead atoms. The Hall–Kier alpha value is -2.59. The van der Waals surface area contributed by atoms with Crippen LogP contribution in [0.3, 0.4) is 0 Å². The highest BCUT2D eigenvalue weighted by Crippen LogP contribution is 2.34. The molecule has 3 rings (SSSR count). The van der Waals surface area contributed by atoms with E-state index < -0.39 is 11.8 Å². The first-order valence-corrected chi connectivity index (χ1v) is 8.52. The molecule has 0 saturated carbocycles. The second-order valence-electron chi connectivity index (χ2n) is 5.98. The number of hydrogen-bond donors (Lipinski definition) is 0. The van der Waals surface area contributed by atoms with Gasteiger partial charge in [0.05, 0.1) is 5.69 Å². The number of benzene rings is 2. The van der Waals surface area contributed by atoms with Gasteiger partial charge >= 0.3 is 0 Å². The van der Waals surface area contributed by atoms with Gasteiger partial charge in [-0.15, -0.1) is 0 Å². The number of nitrogens with zero attached hydrogens (tertiary/aromatic N) is 2. The van der Waals surface area contributed by atoms with E-state index in [4.69, 9.17) is 11.6 Å². The minimum absolute atomic E-state index is 0.0457. The highest BCUT2D eigenvalue weighted by Gasteiger charge is 2.41. The molecule has 0 aromatic heterocycles. The summed E-state index contributed by atoms with van der Waals surface area (Å²) in [7, 11) is 0. The van der Waals surface area contributed by atoms with Crippen LogP contribution >= 0.6 is 11.6 Å². The van der Waals surface area contributed by atoms with Gasteiger partial charge < -0.3 is 4.90 Å². The van der Waals surface area contributed by atoms with Gasteiger partial charge in [-0.2, -0.15) is 0 Å². The highest BCUT2D eigenvalue weighted by atomic mass is 35.5. The molecular formula is C20H19ClN2O2. The van der Waals surface area contributed by atoms with Crippen molar-refractivity contribution in [2.75, 3.05) is 16.3 Å². The summed E-state index contributed by atoms with van der Waals surface area (Å²) in [6.07, 6.45) is 0. The lowest BCUT2D eigenvalue weighted by molar-refractivity contribution is -0.120. The first-order valence-electron chi connectivity index (χ1n) is 8.14. The Bertz CT molecular complexity index is 875. The van der Waals surface area contributed by atoms with Crippen LogP contribution in [0.25, 0.3) is 0 Å². The fraction of sp³-hybridized carbons (Fsp3) is 0.200. The number of imide groups is 1. The van der Waals surface area contributed by atoms with E-state index in [1.807, 2.05) is 63.2 Å². The molecule has 0 N–H and O–H groups in total. The Morgan fingerprint density at radius 2 is 1.68 bits per heavy atom. The summed E-state index contributed by atoms with van der Waals surface area (Å²) < 4.78 is 0. The smallest absolute Gasteiger partial charge is 0.283 e. The van der Waals surface area contributed by atoms with Gasteiger partial charge in [-0.1, -0.05) is 47.5 Å². The quantitative estimate of drug-likeness (QED) is 0.774. The minimum atomic E-state index is -0.483. The molecule has 0 saturated heterocycles. The monoisotopic (exact) mass is 354 g/mol. The number of likely N-dealkylation sites (N-methyl/N-ethyl adjacent to an activating group) is 1. The summed E-state index contributed by atoms with van der Waals surface area (Å²) in [6.45, 7) is 6.29. The molecule has 2 aromatic carbocycles. The molecule has 0 unspecified atom stereocenters. The summed E-state index contributed by atoms with van der Waals surface area (Å²) in [6, 6.07) is 15.0. The Balaban J connectivity index is 2.05. The number of aryl methyl sites for hydroxylation is 2. The zero-order valence-electron chi connectivity index (χ0n) is 14.4. The van der Waals surface area contributed by atoms with Crippen molar-refractivity contribution < 1.29 is 9.59 Å². The molecule has 0 radical (unpaired) electrons. The molecule has 1 aliphatic rings. The van der Waals surface area contributed by atoms with Gasteiger partial charge in [-0.25, -0.2) is 4.90 Å². The van der Waals surface area contributed by atoms with Crippen molar-refractivity contribution in [3.63, 3.8) is 0 Å². The predicted octanol–water partition coefficient (Wildman–Crippen LogP) is 4.15. The zero-order valence-corrected chi connectivity index (χ0v) is 15.2. The van der Waals surface area contributed by atoms with Gasteiger partial charge in [0.1, 0.15) is 10.7 Å². The molecule has 5 heteroatoms. The van der Waals surface area contributed by atoms with Crippen LogP contribution in [0.1, 0.15) is 18.1 Å². The van der Waals surface area contributed by atoms with Crippen LogP contribution in [0.2, 0.25) is 0 Å². The van der Waals surface area contributed by atoms with Crippen molar-refractivity contribution in [3.05, 3.63) is 70.4 Å². The molecular weight excluding hydrogens is 336 g/mol. The molecule has 1 heterocycles. The van der Waals surface area contributed by atoms with E-state index in [0.717, 1.165) is 21.7 Å². The summed E-state index contributed by atoms with van der Waals surface area (Å²) in [5, 5.41) is -0.0457. The number of amides is 2. The molecule has 0 aliphatic carbocycles. The van der Waals surface area contributed by atoms with E-state index >= 15 is 0 Å². The highest BCUT2D eigenvalue weighted by molar-refractivity contribution is 6.53. The van der Waals surface area contributed by atoms with E-state index in [1.165, 1.54) is 0 Å². The first kappa shape index (κ1) is 17.2. The average Bonchev–Trinajstić information content (AvgIpc) is 2.81. The van der Waals surface area contributed by atoms with E-state index in [1.54, 1.807) is 11.0 Å². The van der Waals surface area contributed by atoms with Crippen molar-refractivity contribution in [1.82, 2.24) is 0 Å². The van der Waals surface area contributed by atoms with Crippen LogP contribution in [-0.4, -0.2) is 18.4 Å². The second kappa shape index (κ2) is 6.73. The van der Waals surface area contributed by atoms with Crippen molar-refractivity contribution >= 4 is 34.8 Å². The van der Waals surface area contributed by atoms with Crippen LogP contribution < -0.4 is 9.80 Å². The van der Waals surface area contributed by atoms with Gasteiger partial charge in [0.25, 0.3) is 11.8 Å². The molecule has 2 aromatic rings. The molecule has 0 fully saturated rings. The third kappa shape index (κ3) is 2.94. The Morgan fingerprint density at radius 1 is 1.00 bits per heavy atom. The van der Waals surface area contributed by atoms with Gasteiger partial charge in [0.2, 0.25) is 0 Å². The van der Waals surface area contributed by atoms with Crippen LogP contribution in [-0.2, 0) is 9.59 Å². The topological polar surface area (TPSA) is 40.6 Å². The molecule has 25 heavy (non-hydrogen) atoms. The maximum atomic E-state index is 13.1. The van der Waals surface area contributed by atoms with Gasteiger partial charge in [-0.05, 0) is 44.5 Å². The van der Waals surface area contributed by atoms with Crippen LogP contribution in [0.5, 0.6) is 0 Å². The van der Waals surface area contributed by atoms with E-state index in [-0.39, 0.29) is 10.7 Å². The van der Waals surface area contributed by atoms with Crippen molar-refractivity contribution in [1.29, 1.82) is 0 Å². The SMILES string of the molecule is CCN(C1=C(Cl)C(=O)N(c2ccc(C)cc2C)C1=O)c1ccccc1. The summed E-state index contributed by atoms with van der Waals surface area (Å²) in [5.74, 6) is -0.879. The maximum absolute atomic E-state index is 13.1. The van der Waals surface area contributed by atoms with E-state index in [2.05, 4.69) is 0 Å². The third-order valence-electron chi connectivity index (χ3n) is 4.25. The van der Waals surface area contributed by atoms with Crippen molar-refractivity contribution in [3.8, 4) is 0 Å². The largest absolute Gasteiger partial charge is 0.336 e. The minimum Gasteiger partial charge on any atom is -0.336 e. The van der Waals surface area contributed by atoms with Crippen molar-refractivity contribution in [2.24, 2.45) is 0 Å². The van der Waals surface area contributed by atoms with E-state index in [9.17, 15) is 9.59 Å². The summed E-state index contributed by atoms with van der Waals surface area (Å²) in [4.78, 5) is 28.7. The average molecular weight is 355 g/mol. The third-order valence-corrected chi connectivity index (χ3v) is 4.59. The van der Waals surface area contributed by atoms with Crippen molar-refractivity contribution in [2.45, 2.75) is 20.8 Å².